The lowest BCUT2D eigenvalue weighted by atomic mass is 9.54. The summed E-state index contributed by atoms with van der Waals surface area (Å²) in [5.41, 5.74) is 3.85. The number of ether oxygens (including phenoxy) is 2. The van der Waals surface area contributed by atoms with Crippen LogP contribution < -0.4 is 0 Å². The first-order valence-corrected chi connectivity index (χ1v) is 9.32. The smallest absolute Gasteiger partial charge is 0.308 e. The van der Waals surface area contributed by atoms with Crippen LogP contribution in [0, 0.1) is 11.3 Å². The van der Waals surface area contributed by atoms with Gasteiger partial charge in [0.15, 0.2) is 0 Å². The van der Waals surface area contributed by atoms with E-state index in [1.165, 1.54) is 25.5 Å². The van der Waals surface area contributed by atoms with E-state index in [9.17, 15) is 4.79 Å². The fourth-order valence-electron chi connectivity index (χ4n) is 5.42. The normalized spacial score (nSPS) is 42.1. The van der Waals surface area contributed by atoms with E-state index in [1.54, 1.807) is 11.1 Å². The van der Waals surface area contributed by atoms with E-state index in [4.69, 9.17) is 9.47 Å². The Morgan fingerprint density at radius 2 is 2.00 bits per heavy atom. The molecule has 3 rings (SSSR count). The van der Waals surface area contributed by atoms with E-state index < -0.39 is 5.60 Å². The molecule has 3 nitrogen and oxygen atoms in total. The molecule has 0 saturated carbocycles. The third-order valence-corrected chi connectivity index (χ3v) is 7.27. The van der Waals surface area contributed by atoms with Crippen molar-refractivity contribution in [2.24, 2.45) is 11.3 Å². The number of rotatable bonds is 2. The molecule has 0 amide bonds. The minimum absolute atomic E-state index is 0.0519. The zero-order valence-corrected chi connectivity index (χ0v) is 16.1. The Balaban J connectivity index is 2.02. The SMILES string of the molecule is COC(=O)C[C@]1(C)CC[C@@]2(O1)C(C)=CCC1=C(C)[C@H](C)CC[C@@]12C. The third-order valence-electron chi connectivity index (χ3n) is 7.27. The number of hydrogen-bond donors (Lipinski definition) is 0. The van der Waals surface area contributed by atoms with Crippen LogP contribution >= 0.6 is 0 Å². The van der Waals surface area contributed by atoms with Crippen molar-refractivity contribution in [3.63, 3.8) is 0 Å². The highest BCUT2D eigenvalue weighted by atomic mass is 16.5. The first-order valence-electron chi connectivity index (χ1n) is 9.32. The van der Waals surface area contributed by atoms with Crippen molar-refractivity contribution in [1.29, 1.82) is 0 Å². The summed E-state index contributed by atoms with van der Waals surface area (Å²) in [6.07, 6.45) is 8.04. The molecule has 1 spiro atoms. The number of methoxy groups -OCH3 is 1. The summed E-state index contributed by atoms with van der Waals surface area (Å²) in [5.74, 6) is 0.487. The second-order valence-corrected chi connectivity index (χ2v) is 8.66. The summed E-state index contributed by atoms with van der Waals surface area (Å²) in [6.45, 7) is 11.3. The highest BCUT2D eigenvalue weighted by Gasteiger charge is 2.61. The average molecular weight is 332 g/mol. The zero-order valence-electron chi connectivity index (χ0n) is 16.1. The predicted octanol–water partition coefficient (Wildman–Crippen LogP) is 4.96. The molecular formula is C21H32O3. The molecule has 1 fully saturated rings. The minimum Gasteiger partial charge on any atom is -0.469 e. The summed E-state index contributed by atoms with van der Waals surface area (Å²) in [7, 11) is 1.45. The first-order chi connectivity index (χ1) is 11.2. The van der Waals surface area contributed by atoms with E-state index in [1.807, 2.05) is 0 Å². The zero-order chi connectivity index (χ0) is 17.8. The Labute approximate surface area is 146 Å². The molecule has 3 heteroatoms. The van der Waals surface area contributed by atoms with Crippen LogP contribution in [0.25, 0.3) is 0 Å². The van der Waals surface area contributed by atoms with Gasteiger partial charge in [0, 0.05) is 5.41 Å². The molecule has 1 heterocycles. The fourth-order valence-corrected chi connectivity index (χ4v) is 5.42. The molecule has 0 N–H and O–H groups in total. The van der Waals surface area contributed by atoms with Crippen LogP contribution in [0.1, 0.15) is 73.1 Å². The molecule has 0 unspecified atom stereocenters. The van der Waals surface area contributed by atoms with Gasteiger partial charge in [0.1, 0.15) is 0 Å². The number of esters is 1. The largest absolute Gasteiger partial charge is 0.469 e. The third kappa shape index (κ3) is 2.39. The van der Waals surface area contributed by atoms with Crippen LogP contribution in [0.5, 0.6) is 0 Å². The lowest BCUT2D eigenvalue weighted by molar-refractivity contribution is -0.160. The summed E-state index contributed by atoms with van der Waals surface area (Å²) < 4.78 is 11.7. The monoisotopic (exact) mass is 332 g/mol. The van der Waals surface area contributed by atoms with Crippen molar-refractivity contribution in [1.82, 2.24) is 0 Å². The Morgan fingerprint density at radius 1 is 1.29 bits per heavy atom. The Hall–Kier alpha value is -1.09. The van der Waals surface area contributed by atoms with Crippen LogP contribution in [0.3, 0.4) is 0 Å². The van der Waals surface area contributed by atoms with E-state index in [2.05, 4.69) is 40.7 Å². The van der Waals surface area contributed by atoms with E-state index in [0.29, 0.717) is 12.3 Å². The number of carbonyl (C=O) groups is 1. The number of allylic oxidation sites excluding steroid dienone is 2. The van der Waals surface area contributed by atoms with Gasteiger partial charge in [0.05, 0.1) is 24.7 Å². The molecule has 1 aliphatic heterocycles. The highest BCUT2D eigenvalue weighted by Crippen LogP contribution is 2.63. The number of carbonyl (C=O) groups excluding carboxylic acids is 1. The molecule has 2 aliphatic carbocycles. The van der Waals surface area contributed by atoms with Crippen molar-refractivity contribution in [3.05, 3.63) is 22.8 Å². The molecule has 24 heavy (non-hydrogen) atoms. The summed E-state index contributed by atoms with van der Waals surface area (Å²) in [5, 5.41) is 0. The van der Waals surface area contributed by atoms with Gasteiger partial charge in [-0.2, -0.15) is 0 Å². The van der Waals surface area contributed by atoms with Gasteiger partial charge in [-0.1, -0.05) is 31.1 Å². The van der Waals surface area contributed by atoms with Gasteiger partial charge in [0.25, 0.3) is 0 Å². The molecular weight excluding hydrogens is 300 g/mol. The van der Waals surface area contributed by atoms with Gasteiger partial charge in [-0.25, -0.2) is 0 Å². The van der Waals surface area contributed by atoms with Gasteiger partial charge in [-0.15, -0.1) is 0 Å². The number of fused-ring (bicyclic) bond motifs is 2. The predicted molar refractivity (Wildman–Crippen MR) is 95.7 cm³/mol. The molecule has 0 radical (unpaired) electrons. The van der Waals surface area contributed by atoms with Crippen molar-refractivity contribution in [3.8, 4) is 0 Å². The number of hydrogen-bond acceptors (Lipinski definition) is 3. The highest BCUT2D eigenvalue weighted by molar-refractivity contribution is 5.70. The Kier molecular flexibility index (Phi) is 4.23. The molecule has 0 aromatic rings. The quantitative estimate of drug-likeness (QED) is 0.529. The molecule has 0 aromatic heterocycles. The maximum atomic E-state index is 11.9. The summed E-state index contributed by atoms with van der Waals surface area (Å²) in [6, 6.07) is 0. The molecule has 1 saturated heterocycles. The van der Waals surface area contributed by atoms with Gasteiger partial charge < -0.3 is 9.47 Å². The lowest BCUT2D eigenvalue weighted by Crippen LogP contribution is -2.53. The maximum Gasteiger partial charge on any atom is 0.308 e. The van der Waals surface area contributed by atoms with Crippen molar-refractivity contribution in [2.75, 3.05) is 7.11 Å². The van der Waals surface area contributed by atoms with Crippen LogP contribution in [-0.2, 0) is 14.3 Å². The molecule has 134 valence electrons. The fraction of sp³-hybridized carbons (Fsp3) is 0.762. The summed E-state index contributed by atoms with van der Waals surface area (Å²) in [4.78, 5) is 11.9. The van der Waals surface area contributed by atoms with E-state index >= 15 is 0 Å². The Bertz CT molecular complexity index is 617. The standard InChI is InChI=1S/C21H32O3/c1-14-9-10-20(5)17(16(14)3)8-7-15(2)21(20)12-11-19(4,24-21)13-18(22)23-6/h7,14H,8-13H2,1-6H3/t14-,19+,20+,21-/m1/s1. The van der Waals surface area contributed by atoms with Gasteiger partial charge in [-0.3, -0.25) is 4.79 Å². The topological polar surface area (TPSA) is 35.5 Å². The maximum absolute atomic E-state index is 11.9. The molecule has 3 aliphatic rings. The molecule has 0 bridgehead atoms. The van der Waals surface area contributed by atoms with E-state index in [0.717, 1.165) is 19.3 Å². The van der Waals surface area contributed by atoms with Crippen LogP contribution in [0.4, 0.5) is 0 Å². The van der Waals surface area contributed by atoms with Crippen molar-refractivity contribution >= 4 is 5.97 Å². The van der Waals surface area contributed by atoms with Crippen molar-refractivity contribution < 1.29 is 14.3 Å². The van der Waals surface area contributed by atoms with Crippen LogP contribution in [0.15, 0.2) is 22.8 Å². The minimum atomic E-state index is -0.426. The average Bonchev–Trinajstić information content (AvgIpc) is 2.88. The van der Waals surface area contributed by atoms with Gasteiger partial charge >= 0.3 is 5.97 Å². The first kappa shape index (κ1) is 17.7. The van der Waals surface area contributed by atoms with Crippen molar-refractivity contribution in [2.45, 2.75) is 84.3 Å². The van der Waals surface area contributed by atoms with E-state index in [-0.39, 0.29) is 17.0 Å². The van der Waals surface area contributed by atoms with Gasteiger partial charge in [0.2, 0.25) is 0 Å². The molecule has 4 atom stereocenters. The second-order valence-electron chi connectivity index (χ2n) is 8.66. The van der Waals surface area contributed by atoms with Gasteiger partial charge in [-0.05, 0) is 64.4 Å². The van der Waals surface area contributed by atoms with Crippen LogP contribution in [-0.4, -0.2) is 24.3 Å². The second kappa shape index (κ2) is 5.72. The molecule has 0 aromatic carbocycles. The summed E-state index contributed by atoms with van der Waals surface area (Å²) >= 11 is 0. The Morgan fingerprint density at radius 3 is 2.67 bits per heavy atom. The van der Waals surface area contributed by atoms with Crippen LogP contribution in [0.2, 0.25) is 0 Å². The lowest BCUT2D eigenvalue weighted by Gasteiger charge is -2.55.